The average Bonchev–Trinajstić information content (AvgIpc) is 2.72. The van der Waals surface area contributed by atoms with Crippen LogP contribution in [-0.4, -0.2) is 34.2 Å². The predicted octanol–water partition coefficient (Wildman–Crippen LogP) is 1.48. The van der Waals surface area contributed by atoms with Crippen LogP contribution in [0.3, 0.4) is 0 Å². The molecule has 0 aromatic rings. The molecule has 0 aromatic heterocycles. The lowest BCUT2D eigenvalue weighted by atomic mass is 9.84. The highest BCUT2D eigenvalue weighted by molar-refractivity contribution is 8.00. The summed E-state index contributed by atoms with van der Waals surface area (Å²) in [6.07, 6.45) is 5.21. The van der Waals surface area contributed by atoms with Gasteiger partial charge in [0.05, 0.1) is 0 Å². The Kier molecular flexibility index (Phi) is 3.02. The molecule has 0 radical (unpaired) electrons. The summed E-state index contributed by atoms with van der Waals surface area (Å²) in [7, 11) is 0. The van der Waals surface area contributed by atoms with Gasteiger partial charge in [0.25, 0.3) is 0 Å². The molecule has 0 spiro atoms. The van der Waals surface area contributed by atoms with Gasteiger partial charge < -0.3 is 10.4 Å². The number of rotatable bonds is 2. The van der Waals surface area contributed by atoms with Crippen LogP contribution in [0.15, 0.2) is 0 Å². The largest absolute Gasteiger partial charge is 0.480 e. The van der Waals surface area contributed by atoms with Crippen LogP contribution in [0, 0.1) is 0 Å². The lowest BCUT2D eigenvalue weighted by Crippen LogP contribution is -2.60. The summed E-state index contributed by atoms with van der Waals surface area (Å²) in [6, 6.07) is 0. The van der Waals surface area contributed by atoms with Crippen molar-refractivity contribution in [1.82, 2.24) is 5.32 Å². The van der Waals surface area contributed by atoms with Gasteiger partial charge in [-0.3, -0.25) is 4.79 Å². The summed E-state index contributed by atoms with van der Waals surface area (Å²) in [5.41, 5.74) is -0.612. The van der Waals surface area contributed by atoms with Crippen molar-refractivity contribution in [1.29, 1.82) is 0 Å². The molecule has 2 atom stereocenters. The number of hydrogen-bond donors (Lipinski definition) is 2. The highest BCUT2D eigenvalue weighted by atomic mass is 32.2. The van der Waals surface area contributed by atoms with Crippen molar-refractivity contribution in [3.63, 3.8) is 0 Å². The first-order valence-electron chi connectivity index (χ1n) is 5.36. The number of nitrogens with one attached hydrogen (secondary N) is 1. The third kappa shape index (κ3) is 1.65. The third-order valence-electron chi connectivity index (χ3n) is 3.30. The smallest absolute Gasteiger partial charge is 0.325 e. The number of hydrogen-bond acceptors (Lipinski definition) is 3. The number of carboxylic acids is 1. The van der Waals surface area contributed by atoms with Gasteiger partial charge in [-0.05, 0) is 44.4 Å². The minimum atomic E-state index is -0.642. The maximum atomic E-state index is 11.4. The lowest BCUT2D eigenvalue weighted by molar-refractivity contribution is -0.146. The maximum Gasteiger partial charge on any atom is 0.325 e. The molecule has 0 bridgehead atoms. The van der Waals surface area contributed by atoms with Crippen molar-refractivity contribution >= 4 is 17.7 Å². The normalized spacial score (nSPS) is 38.4. The van der Waals surface area contributed by atoms with Crippen LogP contribution in [0.25, 0.3) is 0 Å². The van der Waals surface area contributed by atoms with Crippen molar-refractivity contribution in [2.45, 2.75) is 42.9 Å². The second-order valence-electron chi connectivity index (χ2n) is 4.16. The van der Waals surface area contributed by atoms with E-state index in [1.54, 1.807) is 0 Å². The summed E-state index contributed by atoms with van der Waals surface area (Å²) in [5.74, 6) is 0.484. The highest BCUT2D eigenvalue weighted by Gasteiger charge is 2.47. The quantitative estimate of drug-likeness (QED) is 0.732. The molecule has 14 heavy (non-hydrogen) atoms. The number of carbonyl (C=O) groups is 1. The Labute approximate surface area is 88.6 Å². The summed E-state index contributed by atoms with van der Waals surface area (Å²) in [6.45, 7) is 0.864. The Morgan fingerprint density at radius 1 is 1.43 bits per heavy atom. The minimum absolute atomic E-state index is 0.292. The van der Waals surface area contributed by atoms with E-state index in [1.165, 1.54) is 6.42 Å². The zero-order valence-electron chi connectivity index (χ0n) is 8.29. The first kappa shape index (κ1) is 10.3. The van der Waals surface area contributed by atoms with E-state index >= 15 is 0 Å². The highest BCUT2D eigenvalue weighted by Crippen LogP contribution is 2.38. The van der Waals surface area contributed by atoms with Crippen LogP contribution in [0.1, 0.15) is 32.1 Å². The van der Waals surface area contributed by atoms with Crippen molar-refractivity contribution in [3.05, 3.63) is 0 Å². The Morgan fingerprint density at radius 2 is 2.29 bits per heavy atom. The van der Waals surface area contributed by atoms with E-state index in [0.29, 0.717) is 5.25 Å². The van der Waals surface area contributed by atoms with Crippen molar-refractivity contribution in [2.75, 3.05) is 12.3 Å². The Hall–Kier alpha value is -0.220. The summed E-state index contributed by atoms with van der Waals surface area (Å²) >= 11 is 1.83. The van der Waals surface area contributed by atoms with Gasteiger partial charge in [-0.25, -0.2) is 0 Å². The molecule has 2 heterocycles. The molecule has 2 aliphatic rings. The minimum Gasteiger partial charge on any atom is -0.480 e. The van der Waals surface area contributed by atoms with Crippen LogP contribution in [0.2, 0.25) is 0 Å². The molecule has 0 aliphatic carbocycles. The van der Waals surface area contributed by atoms with Crippen LogP contribution in [-0.2, 0) is 4.79 Å². The van der Waals surface area contributed by atoms with Crippen molar-refractivity contribution < 1.29 is 9.90 Å². The standard InChI is InChI=1S/C10H17NO2S/c12-9(13)10(5-1-2-6-11-10)8-4-3-7-14-8/h8,11H,1-7H2,(H,12,13). The van der Waals surface area contributed by atoms with Crippen LogP contribution >= 0.6 is 11.8 Å². The van der Waals surface area contributed by atoms with E-state index in [2.05, 4.69) is 5.32 Å². The number of carboxylic acid groups (broad SMARTS) is 1. The second kappa shape index (κ2) is 4.11. The number of piperidine rings is 1. The van der Waals surface area contributed by atoms with E-state index in [1.807, 2.05) is 11.8 Å². The molecule has 2 unspecified atom stereocenters. The van der Waals surface area contributed by atoms with Crippen molar-refractivity contribution in [2.24, 2.45) is 0 Å². The summed E-state index contributed by atoms with van der Waals surface area (Å²) < 4.78 is 0. The fourth-order valence-corrected chi connectivity index (χ4v) is 4.03. The molecule has 2 rings (SSSR count). The molecule has 0 aromatic carbocycles. The molecule has 2 fully saturated rings. The molecule has 0 saturated carbocycles. The molecule has 3 nitrogen and oxygen atoms in total. The van der Waals surface area contributed by atoms with E-state index in [-0.39, 0.29) is 0 Å². The molecular weight excluding hydrogens is 198 g/mol. The van der Waals surface area contributed by atoms with Gasteiger partial charge in [-0.15, -0.1) is 0 Å². The Bertz CT molecular complexity index is 220. The second-order valence-corrected chi connectivity index (χ2v) is 5.47. The first-order valence-corrected chi connectivity index (χ1v) is 6.40. The van der Waals surface area contributed by atoms with E-state index < -0.39 is 11.5 Å². The van der Waals surface area contributed by atoms with Crippen LogP contribution < -0.4 is 5.32 Å². The fraction of sp³-hybridized carbons (Fsp3) is 0.900. The van der Waals surface area contributed by atoms with Gasteiger partial charge in [0.1, 0.15) is 5.54 Å². The average molecular weight is 215 g/mol. The van der Waals surface area contributed by atoms with Gasteiger partial charge in [-0.2, -0.15) is 11.8 Å². The zero-order valence-corrected chi connectivity index (χ0v) is 9.11. The molecule has 2 aliphatic heterocycles. The molecule has 2 N–H and O–H groups in total. The Balaban J connectivity index is 2.15. The number of aliphatic carboxylic acids is 1. The lowest BCUT2D eigenvalue weighted by Gasteiger charge is -2.38. The van der Waals surface area contributed by atoms with E-state index in [4.69, 9.17) is 0 Å². The van der Waals surface area contributed by atoms with Gasteiger partial charge in [0, 0.05) is 5.25 Å². The monoisotopic (exact) mass is 215 g/mol. The van der Waals surface area contributed by atoms with Gasteiger partial charge in [0.2, 0.25) is 0 Å². The number of thioether (sulfide) groups is 1. The van der Waals surface area contributed by atoms with Crippen LogP contribution in [0.5, 0.6) is 0 Å². The van der Waals surface area contributed by atoms with Crippen LogP contribution in [0.4, 0.5) is 0 Å². The topological polar surface area (TPSA) is 49.3 Å². The third-order valence-corrected chi connectivity index (χ3v) is 4.86. The zero-order chi connectivity index (χ0) is 10.0. The van der Waals surface area contributed by atoms with Gasteiger partial charge in [0.15, 0.2) is 0 Å². The molecule has 0 amide bonds. The molecule has 2 saturated heterocycles. The van der Waals surface area contributed by atoms with Gasteiger partial charge >= 0.3 is 5.97 Å². The van der Waals surface area contributed by atoms with Crippen molar-refractivity contribution in [3.8, 4) is 0 Å². The molecule has 4 heteroatoms. The maximum absolute atomic E-state index is 11.4. The first-order chi connectivity index (χ1) is 6.76. The predicted molar refractivity (Wildman–Crippen MR) is 57.7 cm³/mol. The SMILES string of the molecule is O=C(O)C1(C2CCCS2)CCCCN1. The summed E-state index contributed by atoms with van der Waals surface area (Å²) in [4.78, 5) is 11.4. The van der Waals surface area contributed by atoms with E-state index in [9.17, 15) is 9.90 Å². The Morgan fingerprint density at radius 3 is 2.79 bits per heavy atom. The van der Waals surface area contributed by atoms with E-state index in [0.717, 1.165) is 38.0 Å². The van der Waals surface area contributed by atoms with Gasteiger partial charge in [-0.1, -0.05) is 0 Å². The molecular formula is C10H17NO2S. The molecule has 80 valence electrons. The summed E-state index contributed by atoms with van der Waals surface area (Å²) in [5, 5.41) is 12.9. The fourth-order valence-electron chi connectivity index (χ4n) is 2.49.